The van der Waals surface area contributed by atoms with Gasteiger partial charge in [0.05, 0.1) is 11.4 Å². The van der Waals surface area contributed by atoms with Crippen molar-refractivity contribution in [3.8, 4) is 0 Å². The summed E-state index contributed by atoms with van der Waals surface area (Å²) < 4.78 is 0.856. The van der Waals surface area contributed by atoms with Crippen LogP contribution in [0.1, 0.15) is 42.2 Å². The van der Waals surface area contributed by atoms with Crippen molar-refractivity contribution >= 4 is 28.3 Å². The molecule has 0 unspecified atom stereocenters. The number of fused-ring (bicyclic) bond motifs is 1. The van der Waals surface area contributed by atoms with Gasteiger partial charge in [0.1, 0.15) is 12.2 Å². The van der Waals surface area contributed by atoms with Gasteiger partial charge in [-0.15, -0.1) is 0 Å². The zero-order chi connectivity index (χ0) is 20.3. The van der Waals surface area contributed by atoms with Crippen LogP contribution in [-0.2, 0) is 11.3 Å². The number of hydrogen-bond acceptors (Lipinski definition) is 5. The Hall–Kier alpha value is -3.48. The third-order valence-electron chi connectivity index (χ3n) is 4.73. The highest BCUT2D eigenvalue weighted by atomic mass is 16.4. The van der Waals surface area contributed by atoms with Crippen molar-refractivity contribution in [3.63, 3.8) is 0 Å². The summed E-state index contributed by atoms with van der Waals surface area (Å²) in [5, 5.41) is 18.4. The Kier molecular flexibility index (Phi) is 5.54. The van der Waals surface area contributed by atoms with E-state index in [1.807, 2.05) is 18.2 Å². The number of aromatic carboxylic acids is 1. The van der Waals surface area contributed by atoms with E-state index in [4.69, 9.17) is 0 Å². The van der Waals surface area contributed by atoms with Gasteiger partial charge in [-0.3, -0.25) is 9.59 Å². The van der Waals surface area contributed by atoms with Gasteiger partial charge in [0.2, 0.25) is 5.91 Å². The molecule has 3 rings (SSSR count). The van der Waals surface area contributed by atoms with Gasteiger partial charge in [0.25, 0.3) is 5.56 Å². The molecule has 1 N–H and O–H groups in total. The molecule has 0 fully saturated rings. The van der Waals surface area contributed by atoms with Crippen molar-refractivity contribution in [1.29, 1.82) is 0 Å². The zero-order valence-electron chi connectivity index (χ0n) is 15.6. The van der Waals surface area contributed by atoms with Crippen molar-refractivity contribution in [3.05, 3.63) is 70.1 Å². The minimum Gasteiger partial charge on any atom is -0.543 e. The highest BCUT2D eigenvalue weighted by Crippen LogP contribution is 2.26. The van der Waals surface area contributed by atoms with Crippen LogP contribution in [0.15, 0.2) is 53.3 Å². The van der Waals surface area contributed by atoms with E-state index in [-0.39, 0.29) is 22.4 Å². The molecule has 28 heavy (non-hydrogen) atoms. The van der Waals surface area contributed by atoms with E-state index in [9.17, 15) is 19.5 Å². The molecule has 144 valence electrons. The van der Waals surface area contributed by atoms with Crippen molar-refractivity contribution in [2.24, 2.45) is 0 Å². The fraction of sp³-hybridized carbons (Fsp3) is 0.238. The second kappa shape index (κ2) is 8.04. The Morgan fingerprint density at radius 3 is 2.43 bits per heavy atom. The Balaban J connectivity index is 1.94. The number of nitrogens with zero attached hydrogens (tertiary/aromatic N) is 2. The van der Waals surface area contributed by atoms with Gasteiger partial charge in [0, 0.05) is 11.1 Å². The monoisotopic (exact) mass is 378 g/mol. The lowest BCUT2D eigenvalue weighted by atomic mass is 9.97. The number of carboxylic acids is 1. The van der Waals surface area contributed by atoms with Crippen molar-refractivity contribution in [1.82, 2.24) is 9.78 Å². The maximum atomic E-state index is 12.6. The van der Waals surface area contributed by atoms with Crippen LogP contribution in [-0.4, -0.2) is 21.7 Å². The molecule has 0 bridgehead atoms. The van der Waals surface area contributed by atoms with E-state index in [1.54, 1.807) is 18.2 Å². The number of carbonyl (C=O) groups excluding carboxylic acids is 2. The van der Waals surface area contributed by atoms with Crippen molar-refractivity contribution in [2.75, 3.05) is 5.32 Å². The maximum Gasteiger partial charge on any atom is 0.275 e. The van der Waals surface area contributed by atoms with Crippen LogP contribution >= 0.6 is 0 Å². The van der Waals surface area contributed by atoms with Crippen LogP contribution in [0, 0.1) is 0 Å². The normalized spacial score (nSPS) is 11.9. The molecule has 1 atom stereocenters. The molecule has 0 saturated heterocycles. The minimum atomic E-state index is -1.51. The van der Waals surface area contributed by atoms with Crippen LogP contribution in [0.25, 0.3) is 10.8 Å². The first-order valence-electron chi connectivity index (χ1n) is 9.02. The number of nitrogens with one attached hydrogen (secondary N) is 1. The molecule has 1 heterocycles. The summed E-state index contributed by atoms with van der Waals surface area (Å²) in [4.78, 5) is 36.6. The van der Waals surface area contributed by atoms with Gasteiger partial charge in [-0.25, -0.2) is 4.68 Å². The largest absolute Gasteiger partial charge is 0.543 e. The summed E-state index contributed by atoms with van der Waals surface area (Å²) in [5.74, 6) is -1.72. The number of aromatic nitrogens is 2. The standard InChI is InChI=1S/C21H21N3O4/c1-3-13(2)14-8-6-7-11-17(14)22-18(25)12-24-20(26)16-10-5-4-9-15(16)19(23-24)21(27)28/h4-11,13H,3,12H2,1-2H3,(H,22,25)(H,27,28)/p-1/t13-/m1/s1. The highest BCUT2D eigenvalue weighted by molar-refractivity contribution is 6.00. The average molecular weight is 378 g/mol. The number of amides is 1. The Morgan fingerprint density at radius 1 is 1.11 bits per heavy atom. The van der Waals surface area contributed by atoms with E-state index >= 15 is 0 Å². The number of anilines is 1. The summed E-state index contributed by atoms with van der Waals surface area (Å²) in [7, 11) is 0. The number of benzene rings is 2. The molecule has 0 spiro atoms. The van der Waals surface area contributed by atoms with E-state index in [0.717, 1.165) is 16.7 Å². The molecular formula is C21H20N3O4-. The first-order chi connectivity index (χ1) is 13.4. The van der Waals surface area contributed by atoms with Crippen LogP contribution in [0.4, 0.5) is 5.69 Å². The second-order valence-corrected chi connectivity index (χ2v) is 6.59. The molecular weight excluding hydrogens is 358 g/mol. The average Bonchev–Trinajstić information content (AvgIpc) is 2.69. The van der Waals surface area contributed by atoms with Gasteiger partial charge >= 0.3 is 0 Å². The fourth-order valence-corrected chi connectivity index (χ4v) is 3.08. The first-order valence-corrected chi connectivity index (χ1v) is 9.02. The summed E-state index contributed by atoms with van der Waals surface area (Å²) >= 11 is 0. The minimum absolute atomic E-state index is 0.171. The van der Waals surface area contributed by atoms with Crippen LogP contribution < -0.4 is 16.0 Å². The number of carbonyl (C=O) groups is 2. The molecule has 0 aliphatic carbocycles. The lowest BCUT2D eigenvalue weighted by Crippen LogP contribution is -2.34. The summed E-state index contributed by atoms with van der Waals surface area (Å²) in [6, 6.07) is 13.7. The summed E-state index contributed by atoms with van der Waals surface area (Å²) in [6.07, 6.45) is 0.910. The second-order valence-electron chi connectivity index (χ2n) is 6.59. The van der Waals surface area contributed by atoms with Crippen molar-refractivity contribution < 1.29 is 14.7 Å². The molecule has 1 aromatic heterocycles. The lowest BCUT2D eigenvalue weighted by Gasteiger charge is -2.16. The van der Waals surface area contributed by atoms with Gasteiger partial charge in [-0.1, -0.05) is 50.2 Å². The summed E-state index contributed by atoms with van der Waals surface area (Å²) in [5.41, 5.74) is 0.748. The fourth-order valence-electron chi connectivity index (χ4n) is 3.08. The smallest absolute Gasteiger partial charge is 0.275 e. The lowest BCUT2D eigenvalue weighted by molar-refractivity contribution is -0.255. The molecule has 0 radical (unpaired) electrons. The Labute approximate surface area is 161 Å². The number of rotatable bonds is 6. The molecule has 2 aromatic carbocycles. The van der Waals surface area contributed by atoms with E-state index in [1.165, 1.54) is 12.1 Å². The quantitative estimate of drug-likeness (QED) is 0.706. The van der Waals surface area contributed by atoms with Crippen LogP contribution in [0.5, 0.6) is 0 Å². The van der Waals surface area contributed by atoms with Gasteiger partial charge in [-0.05, 0) is 30.0 Å². The third-order valence-corrected chi connectivity index (χ3v) is 4.73. The third kappa shape index (κ3) is 3.78. The zero-order valence-corrected chi connectivity index (χ0v) is 15.6. The molecule has 0 saturated carbocycles. The topological polar surface area (TPSA) is 104 Å². The van der Waals surface area contributed by atoms with Gasteiger partial charge in [-0.2, -0.15) is 5.10 Å². The molecule has 0 aliphatic rings. The SMILES string of the molecule is CC[C@@H](C)c1ccccc1NC(=O)Cn1nc(C(=O)[O-])c2ccccc2c1=O. The Bertz CT molecular complexity index is 1100. The summed E-state index contributed by atoms with van der Waals surface area (Å²) in [6.45, 7) is 3.72. The number of para-hydroxylation sites is 1. The molecule has 7 nitrogen and oxygen atoms in total. The molecule has 7 heteroatoms. The predicted molar refractivity (Wildman–Crippen MR) is 104 cm³/mol. The predicted octanol–water partition coefficient (Wildman–Crippen LogP) is 1.91. The van der Waals surface area contributed by atoms with Crippen molar-refractivity contribution in [2.45, 2.75) is 32.7 Å². The molecule has 0 aliphatic heterocycles. The highest BCUT2D eigenvalue weighted by Gasteiger charge is 2.15. The first kappa shape index (κ1) is 19.3. The van der Waals surface area contributed by atoms with E-state index < -0.39 is 24.0 Å². The van der Waals surface area contributed by atoms with Crippen LogP contribution in [0.3, 0.4) is 0 Å². The number of hydrogen-bond donors (Lipinski definition) is 1. The maximum absolute atomic E-state index is 12.6. The molecule has 1 amide bonds. The van der Waals surface area contributed by atoms with Gasteiger partial charge < -0.3 is 15.2 Å². The van der Waals surface area contributed by atoms with Crippen LogP contribution in [0.2, 0.25) is 0 Å². The Morgan fingerprint density at radius 2 is 1.75 bits per heavy atom. The molecule has 3 aromatic rings. The van der Waals surface area contributed by atoms with E-state index in [2.05, 4.69) is 24.3 Å². The number of carboxylic acid groups (broad SMARTS) is 1. The van der Waals surface area contributed by atoms with Gasteiger partial charge in [0.15, 0.2) is 0 Å². The van der Waals surface area contributed by atoms with E-state index in [0.29, 0.717) is 5.69 Å².